The van der Waals surface area contributed by atoms with E-state index < -0.39 is 10.0 Å². The molecule has 0 saturated carbocycles. The van der Waals surface area contributed by atoms with Crippen LogP contribution in [0.2, 0.25) is 0 Å². The molecule has 3 rings (SSSR count). The van der Waals surface area contributed by atoms with Crippen LogP contribution >= 0.6 is 11.5 Å². The normalized spacial score (nSPS) is 16.1. The molecule has 0 bridgehead atoms. The summed E-state index contributed by atoms with van der Waals surface area (Å²) in [5, 5.41) is 0. The lowest BCUT2D eigenvalue weighted by Gasteiger charge is -2.23. The number of hydrogen-bond acceptors (Lipinski definition) is 6. The van der Waals surface area contributed by atoms with Gasteiger partial charge in [-0.3, -0.25) is 0 Å². The molecule has 2 aromatic rings. The van der Waals surface area contributed by atoms with Crippen molar-refractivity contribution in [2.24, 2.45) is 4.40 Å². The standard InChI is InChI=1S/C14H16N4O3S2/c1-11-4-2-3-5-12(11)13-16-14(22-17-13)23(19,20)15-10-18-6-8-21-9-7-18/h2-5,10H,6-9H2,1H3/b15-10+. The SMILES string of the molecule is Cc1ccccc1-c1nsc(S(=O)(=O)/N=C/N2CCOCC2)n1. The van der Waals surface area contributed by atoms with Crippen molar-refractivity contribution in [1.29, 1.82) is 0 Å². The molecule has 7 nitrogen and oxygen atoms in total. The molecule has 23 heavy (non-hydrogen) atoms. The zero-order chi connectivity index (χ0) is 16.3. The first kappa shape index (κ1) is 16.0. The number of ether oxygens (including phenoxy) is 1. The fourth-order valence-electron chi connectivity index (χ4n) is 2.11. The molecule has 1 aromatic carbocycles. The number of benzene rings is 1. The number of aromatic nitrogens is 2. The van der Waals surface area contributed by atoms with Gasteiger partial charge in [-0.25, -0.2) is 4.98 Å². The van der Waals surface area contributed by atoms with Gasteiger partial charge in [0.05, 0.1) is 13.2 Å². The van der Waals surface area contributed by atoms with Crippen molar-refractivity contribution in [3.05, 3.63) is 29.8 Å². The third kappa shape index (κ3) is 3.74. The van der Waals surface area contributed by atoms with Gasteiger partial charge in [0, 0.05) is 30.2 Å². The maximum Gasteiger partial charge on any atom is 0.312 e. The van der Waals surface area contributed by atoms with Crippen LogP contribution in [0.25, 0.3) is 11.4 Å². The molecule has 0 amide bonds. The van der Waals surface area contributed by atoms with E-state index in [1.165, 1.54) is 6.34 Å². The Balaban J connectivity index is 1.81. The van der Waals surface area contributed by atoms with Crippen LogP contribution in [0.4, 0.5) is 0 Å². The van der Waals surface area contributed by atoms with Gasteiger partial charge in [0.25, 0.3) is 4.34 Å². The summed E-state index contributed by atoms with van der Waals surface area (Å²) in [5.41, 5.74) is 1.81. The molecule has 9 heteroatoms. The highest BCUT2D eigenvalue weighted by atomic mass is 32.2. The molecule has 1 saturated heterocycles. The molecule has 0 radical (unpaired) electrons. The fraction of sp³-hybridized carbons (Fsp3) is 0.357. The summed E-state index contributed by atoms with van der Waals surface area (Å²) in [6.45, 7) is 4.33. The Labute approximate surface area is 138 Å². The summed E-state index contributed by atoms with van der Waals surface area (Å²) < 4.78 is 37.5. The van der Waals surface area contributed by atoms with Crippen molar-refractivity contribution >= 4 is 27.9 Å². The molecular formula is C14H16N4O3S2. The number of nitrogens with zero attached hydrogens (tertiary/aromatic N) is 4. The summed E-state index contributed by atoms with van der Waals surface area (Å²) in [6, 6.07) is 7.58. The van der Waals surface area contributed by atoms with Gasteiger partial charge in [-0.15, -0.1) is 4.40 Å². The first-order valence-corrected chi connectivity index (χ1v) is 9.29. The summed E-state index contributed by atoms with van der Waals surface area (Å²) >= 11 is 0.841. The maximum absolute atomic E-state index is 12.3. The lowest BCUT2D eigenvalue weighted by molar-refractivity contribution is 0.0701. The largest absolute Gasteiger partial charge is 0.378 e. The van der Waals surface area contributed by atoms with Gasteiger partial charge >= 0.3 is 10.0 Å². The van der Waals surface area contributed by atoms with E-state index in [0.29, 0.717) is 32.1 Å². The van der Waals surface area contributed by atoms with Crippen molar-refractivity contribution in [3.8, 4) is 11.4 Å². The molecule has 122 valence electrons. The van der Waals surface area contributed by atoms with E-state index in [1.807, 2.05) is 36.1 Å². The predicted molar refractivity (Wildman–Crippen MR) is 88.2 cm³/mol. The molecule has 1 fully saturated rings. The number of morpholine rings is 1. The van der Waals surface area contributed by atoms with Gasteiger partial charge in [0.2, 0.25) is 0 Å². The molecule has 1 aliphatic heterocycles. The van der Waals surface area contributed by atoms with Crippen LogP contribution in [0.5, 0.6) is 0 Å². The second-order valence-corrected chi connectivity index (χ2v) is 7.60. The van der Waals surface area contributed by atoms with Crippen LogP contribution in [0.3, 0.4) is 0 Å². The molecule has 0 aliphatic carbocycles. The van der Waals surface area contributed by atoms with Crippen molar-refractivity contribution in [3.63, 3.8) is 0 Å². The number of sulfonamides is 1. The van der Waals surface area contributed by atoms with Crippen molar-refractivity contribution in [1.82, 2.24) is 14.3 Å². The lowest BCUT2D eigenvalue weighted by atomic mass is 10.1. The van der Waals surface area contributed by atoms with Gasteiger partial charge < -0.3 is 9.64 Å². The van der Waals surface area contributed by atoms with Crippen LogP contribution in [0.15, 0.2) is 33.0 Å². The second kappa shape index (κ2) is 6.73. The monoisotopic (exact) mass is 352 g/mol. The molecule has 0 N–H and O–H groups in total. The van der Waals surface area contributed by atoms with E-state index in [1.54, 1.807) is 0 Å². The molecule has 0 spiro atoms. The van der Waals surface area contributed by atoms with E-state index in [9.17, 15) is 8.42 Å². The Bertz CT molecular complexity index is 811. The van der Waals surface area contributed by atoms with Crippen molar-refractivity contribution in [2.45, 2.75) is 11.3 Å². The maximum atomic E-state index is 12.3. The van der Waals surface area contributed by atoms with Gasteiger partial charge in [0.1, 0.15) is 6.34 Å². The molecule has 1 aliphatic rings. The minimum absolute atomic E-state index is 0.0970. The topological polar surface area (TPSA) is 84.8 Å². The number of rotatable bonds is 4. The first-order valence-electron chi connectivity index (χ1n) is 7.08. The van der Waals surface area contributed by atoms with E-state index in [2.05, 4.69) is 13.8 Å². The van der Waals surface area contributed by atoms with E-state index in [0.717, 1.165) is 22.7 Å². The lowest BCUT2D eigenvalue weighted by Crippen LogP contribution is -2.35. The first-order chi connectivity index (χ1) is 11.1. The number of aryl methyl sites for hydroxylation is 1. The zero-order valence-corrected chi connectivity index (χ0v) is 14.2. The summed E-state index contributed by atoms with van der Waals surface area (Å²) in [6.07, 6.45) is 1.34. The minimum atomic E-state index is -3.83. The fourth-order valence-corrected chi connectivity index (χ4v) is 3.71. The minimum Gasteiger partial charge on any atom is -0.378 e. The average Bonchev–Trinajstić information content (AvgIpc) is 3.05. The van der Waals surface area contributed by atoms with Crippen LogP contribution in [0, 0.1) is 6.92 Å². The van der Waals surface area contributed by atoms with Crippen LogP contribution < -0.4 is 0 Å². The zero-order valence-electron chi connectivity index (χ0n) is 12.5. The van der Waals surface area contributed by atoms with Gasteiger partial charge in [-0.1, -0.05) is 24.3 Å². The van der Waals surface area contributed by atoms with Crippen LogP contribution in [-0.4, -0.2) is 55.3 Å². The predicted octanol–water partition coefficient (Wildman–Crippen LogP) is 1.56. The average molecular weight is 352 g/mol. The molecule has 0 atom stereocenters. The third-order valence-corrected chi connectivity index (χ3v) is 5.68. The quantitative estimate of drug-likeness (QED) is 0.613. The van der Waals surface area contributed by atoms with Gasteiger partial charge in [-0.2, -0.15) is 12.8 Å². The van der Waals surface area contributed by atoms with E-state index in [-0.39, 0.29) is 4.34 Å². The van der Waals surface area contributed by atoms with Crippen molar-refractivity contribution < 1.29 is 13.2 Å². The van der Waals surface area contributed by atoms with Crippen LogP contribution in [-0.2, 0) is 14.8 Å². The Morgan fingerprint density at radius 2 is 2.04 bits per heavy atom. The highest BCUT2D eigenvalue weighted by Crippen LogP contribution is 2.24. The Kier molecular flexibility index (Phi) is 4.69. The Hall–Kier alpha value is -1.84. The highest BCUT2D eigenvalue weighted by Gasteiger charge is 2.20. The van der Waals surface area contributed by atoms with Gasteiger partial charge in [0.15, 0.2) is 5.82 Å². The Morgan fingerprint density at radius 3 is 2.78 bits per heavy atom. The molecule has 0 unspecified atom stereocenters. The highest BCUT2D eigenvalue weighted by molar-refractivity contribution is 7.92. The van der Waals surface area contributed by atoms with Crippen molar-refractivity contribution in [2.75, 3.05) is 26.3 Å². The van der Waals surface area contributed by atoms with Crippen LogP contribution in [0.1, 0.15) is 5.56 Å². The molecule has 2 heterocycles. The molecule has 1 aromatic heterocycles. The smallest absolute Gasteiger partial charge is 0.312 e. The van der Waals surface area contributed by atoms with E-state index in [4.69, 9.17) is 4.74 Å². The van der Waals surface area contributed by atoms with Gasteiger partial charge in [-0.05, 0) is 12.5 Å². The second-order valence-electron chi connectivity index (χ2n) is 5.04. The third-order valence-electron chi connectivity index (χ3n) is 3.41. The number of hydrogen-bond donors (Lipinski definition) is 0. The van der Waals surface area contributed by atoms with E-state index >= 15 is 0 Å². The Morgan fingerprint density at radius 1 is 1.30 bits per heavy atom. The summed E-state index contributed by atoms with van der Waals surface area (Å²) in [4.78, 5) is 5.95. The summed E-state index contributed by atoms with van der Waals surface area (Å²) in [7, 11) is -3.83. The summed E-state index contributed by atoms with van der Waals surface area (Å²) in [5.74, 6) is 0.410. The molecular weight excluding hydrogens is 336 g/mol.